The van der Waals surface area contributed by atoms with Gasteiger partial charge in [0, 0.05) is 29.1 Å². The average Bonchev–Trinajstić information content (AvgIpc) is 2.54. The number of thioether (sulfide) groups is 1. The normalized spacial score (nSPS) is 10.3. The van der Waals surface area contributed by atoms with Crippen LogP contribution in [0, 0.1) is 0 Å². The highest BCUT2D eigenvalue weighted by molar-refractivity contribution is 7.98. The fourth-order valence-corrected chi connectivity index (χ4v) is 2.56. The molecule has 1 aromatic rings. The Balaban J connectivity index is 2.31. The van der Waals surface area contributed by atoms with E-state index in [-0.39, 0.29) is 6.61 Å². The van der Waals surface area contributed by atoms with Crippen molar-refractivity contribution in [3.63, 3.8) is 0 Å². The highest BCUT2D eigenvalue weighted by Crippen LogP contribution is 2.22. The molecule has 0 fully saturated rings. The minimum absolute atomic E-state index is 0.254. The van der Waals surface area contributed by atoms with Crippen LogP contribution in [0.1, 0.15) is 11.8 Å². The van der Waals surface area contributed by atoms with Crippen LogP contribution in [0.5, 0.6) is 0 Å². The zero-order valence-corrected chi connectivity index (χ0v) is 9.25. The molecule has 0 spiro atoms. The number of anilines is 1. The number of hydrogen-bond donors (Lipinski definition) is 2. The van der Waals surface area contributed by atoms with Crippen molar-refractivity contribution in [3.8, 4) is 0 Å². The first-order valence-corrected chi connectivity index (χ1v) is 6.21. The molecule has 13 heavy (non-hydrogen) atoms. The maximum atomic E-state index is 8.59. The fraction of sp³-hybridized carbons (Fsp3) is 0.625. The van der Waals surface area contributed by atoms with E-state index in [0.29, 0.717) is 0 Å². The molecule has 0 bridgehead atoms. The lowest BCUT2D eigenvalue weighted by atomic mass is 10.6. The molecule has 1 heterocycles. The third kappa shape index (κ3) is 3.97. The van der Waals surface area contributed by atoms with Gasteiger partial charge in [-0.25, -0.2) is 4.98 Å². The molecule has 5 heteroatoms. The molecule has 0 unspecified atom stereocenters. The first-order valence-electron chi connectivity index (χ1n) is 4.24. The van der Waals surface area contributed by atoms with Crippen molar-refractivity contribution in [1.82, 2.24) is 4.98 Å². The van der Waals surface area contributed by atoms with Crippen molar-refractivity contribution < 1.29 is 5.11 Å². The Kier molecular flexibility index (Phi) is 5.19. The maximum absolute atomic E-state index is 8.59. The van der Waals surface area contributed by atoms with Crippen LogP contribution in [-0.4, -0.2) is 29.0 Å². The van der Waals surface area contributed by atoms with E-state index in [1.165, 1.54) is 4.88 Å². The van der Waals surface area contributed by atoms with Crippen LogP contribution in [-0.2, 0) is 5.75 Å². The monoisotopic (exact) mass is 218 g/mol. The lowest BCUT2D eigenvalue weighted by molar-refractivity contribution is 0.322. The van der Waals surface area contributed by atoms with Crippen LogP contribution < -0.4 is 5.32 Å². The summed E-state index contributed by atoms with van der Waals surface area (Å²) in [6.07, 6.45) is 1.90. The minimum Gasteiger partial charge on any atom is -0.396 e. The third-order valence-electron chi connectivity index (χ3n) is 1.36. The van der Waals surface area contributed by atoms with Gasteiger partial charge in [0.1, 0.15) is 0 Å². The van der Waals surface area contributed by atoms with Crippen molar-refractivity contribution in [2.45, 2.75) is 12.7 Å². The van der Waals surface area contributed by atoms with Gasteiger partial charge in [0.15, 0.2) is 5.13 Å². The lowest BCUT2D eigenvalue weighted by Gasteiger charge is -1.95. The Labute approximate surface area is 86.6 Å². The summed E-state index contributed by atoms with van der Waals surface area (Å²) in [4.78, 5) is 5.47. The molecule has 0 aliphatic heterocycles. The summed E-state index contributed by atoms with van der Waals surface area (Å²) in [6.45, 7) is 3.22. The van der Waals surface area contributed by atoms with Gasteiger partial charge >= 0.3 is 0 Å². The molecule has 0 saturated heterocycles. The summed E-state index contributed by atoms with van der Waals surface area (Å²) in [5, 5.41) is 12.7. The highest BCUT2D eigenvalue weighted by atomic mass is 32.2. The van der Waals surface area contributed by atoms with Gasteiger partial charge in [0.25, 0.3) is 0 Å². The second-order valence-electron chi connectivity index (χ2n) is 2.44. The van der Waals surface area contributed by atoms with Gasteiger partial charge in [-0.1, -0.05) is 0 Å². The van der Waals surface area contributed by atoms with Crippen molar-refractivity contribution in [2.24, 2.45) is 0 Å². The Morgan fingerprint density at radius 1 is 1.69 bits per heavy atom. The lowest BCUT2D eigenvalue weighted by Crippen LogP contribution is -1.94. The summed E-state index contributed by atoms with van der Waals surface area (Å²) >= 11 is 3.41. The van der Waals surface area contributed by atoms with E-state index < -0.39 is 0 Å². The Hall–Kier alpha value is -0.260. The molecule has 0 radical (unpaired) electrons. The molecule has 0 aliphatic carbocycles. The topological polar surface area (TPSA) is 45.2 Å². The number of aromatic nitrogens is 1. The molecular weight excluding hydrogens is 204 g/mol. The van der Waals surface area contributed by atoms with Gasteiger partial charge in [-0.05, 0) is 6.92 Å². The molecule has 3 nitrogen and oxygen atoms in total. The molecule has 0 aromatic carbocycles. The van der Waals surface area contributed by atoms with Gasteiger partial charge in [0.2, 0.25) is 0 Å². The second kappa shape index (κ2) is 6.23. The minimum atomic E-state index is 0.254. The Bertz CT molecular complexity index is 240. The third-order valence-corrected chi connectivity index (χ3v) is 3.49. The molecule has 0 atom stereocenters. The second-order valence-corrected chi connectivity index (χ2v) is 4.66. The number of aliphatic hydroxyl groups is 1. The van der Waals surface area contributed by atoms with Crippen molar-refractivity contribution in [3.05, 3.63) is 11.1 Å². The van der Waals surface area contributed by atoms with Crippen LogP contribution in [0.15, 0.2) is 6.20 Å². The number of nitrogens with one attached hydrogen (secondary N) is 1. The van der Waals surface area contributed by atoms with E-state index in [1.807, 2.05) is 6.20 Å². The van der Waals surface area contributed by atoms with E-state index in [4.69, 9.17) is 5.11 Å². The quantitative estimate of drug-likeness (QED) is 0.715. The van der Waals surface area contributed by atoms with Gasteiger partial charge in [0.05, 0.1) is 6.61 Å². The zero-order chi connectivity index (χ0) is 9.52. The van der Waals surface area contributed by atoms with Gasteiger partial charge < -0.3 is 10.4 Å². The van der Waals surface area contributed by atoms with Crippen molar-refractivity contribution in [1.29, 1.82) is 0 Å². The summed E-state index contributed by atoms with van der Waals surface area (Å²) in [6, 6.07) is 0. The van der Waals surface area contributed by atoms with Crippen molar-refractivity contribution >= 4 is 28.2 Å². The van der Waals surface area contributed by atoms with Crippen LogP contribution in [0.3, 0.4) is 0 Å². The number of hydrogen-bond acceptors (Lipinski definition) is 5. The summed E-state index contributed by atoms with van der Waals surface area (Å²) < 4.78 is 0. The number of thiazole rings is 1. The van der Waals surface area contributed by atoms with Crippen LogP contribution in [0.4, 0.5) is 5.13 Å². The van der Waals surface area contributed by atoms with Crippen molar-refractivity contribution in [2.75, 3.05) is 24.2 Å². The number of nitrogens with zero attached hydrogens (tertiary/aromatic N) is 1. The largest absolute Gasteiger partial charge is 0.396 e. The van der Waals surface area contributed by atoms with Crippen LogP contribution >= 0.6 is 23.1 Å². The van der Waals surface area contributed by atoms with E-state index in [0.717, 1.165) is 23.2 Å². The van der Waals surface area contributed by atoms with Crippen LogP contribution in [0.25, 0.3) is 0 Å². The Morgan fingerprint density at radius 3 is 3.23 bits per heavy atom. The maximum Gasteiger partial charge on any atom is 0.182 e. The molecule has 2 N–H and O–H groups in total. The van der Waals surface area contributed by atoms with Gasteiger partial charge in [-0.3, -0.25) is 0 Å². The predicted octanol–water partition coefficient (Wildman–Crippen LogP) is 1.80. The van der Waals surface area contributed by atoms with E-state index in [2.05, 4.69) is 17.2 Å². The standard InChI is InChI=1S/C8H14N2OS2/c1-2-9-8-10-5-7(13-8)6-12-4-3-11/h5,11H,2-4,6H2,1H3,(H,9,10). The van der Waals surface area contributed by atoms with E-state index in [9.17, 15) is 0 Å². The molecule has 0 aliphatic rings. The highest BCUT2D eigenvalue weighted by Gasteiger charge is 1.99. The summed E-state index contributed by atoms with van der Waals surface area (Å²) in [5.41, 5.74) is 0. The molecule has 74 valence electrons. The van der Waals surface area contributed by atoms with Gasteiger partial charge in [-0.2, -0.15) is 11.8 Å². The molecular formula is C8H14N2OS2. The Morgan fingerprint density at radius 2 is 2.54 bits per heavy atom. The average molecular weight is 218 g/mol. The first kappa shape index (κ1) is 10.8. The zero-order valence-electron chi connectivity index (χ0n) is 7.62. The molecule has 1 aromatic heterocycles. The van der Waals surface area contributed by atoms with Crippen LogP contribution in [0.2, 0.25) is 0 Å². The number of rotatable bonds is 6. The molecule has 0 saturated carbocycles. The smallest absolute Gasteiger partial charge is 0.182 e. The summed E-state index contributed by atoms with van der Waals surface area (Å²) in [7, 11) is 0. The van der Waals surface area contributed by atoms with Gasteiger partial charge in [-0.15, -0.1) is 11.3 Å². The fourth-order valence-electron chi connectivity index (χ4n) is 0.844. The molecule has 0 amide bonds. The van der Waals surface area contributed by atoms with E-state index in [1.54, 1.807) is 23.1 Å². The number of aliphatic hydroxyl groups excluding tert-OH is 1. The SMILES string of the molecule is CCNc1ncc(CSCCO)s1. The first-order chi connectivity index (χ1) is 6.36. The summed E-state index contributed by atoms with van der Waals surface area (Å²) in [5.74, 6) is 1.75. The predicted molar refractivity (Wildman–Crippen MR) is 59.5 cm³/mol. The van der Waals surface area contributed by atoms with E-state index >= 15 is 0 Å². The molecule has 1 rings (SSSR count).